The lowest BCUT2D eigenvalue weighted by atomic mass is 10.6. The Kier molecular flexibility index (Phi) is 1.91. The minimum Gasteiger partial charge on any atom is -0.381 e. The van der Waals surface area contributed by atoms with Crippen LogP contribution in [0.3, 0.4) is 0 Å². The molecule has 0 aliphatic rings. The fraction of sp³-hybridized carbons (Fsp3) is 0.200. The Hall–Kier alpha value is -1.03. The van der Waals surface area contributed by atoms with Gasteiger partial charge in [0.2, 0.25) is 0 Å². The quantitative estimate of drug-likeness (QED) is 0.686. The van der Waals surface area contributed by atoms with Crippen LogP contribution in [0.1, 0.15) is 0 Å². The fourth-order valence-corrected chi connectivity index (χ4v) is 0.647. The summed E-state index contributed by atoms with van der Waals surface area (Å²) >= 11 is 5.49. The monoisotopic (exact) mass is 158 g/mol. The maximum absolute atomic E-state index is 5.49. The second-order valence-electron chi connectivity index (χ2n) is 1.82. The Balaban J connectivity index is 2.67. The average molecular weight is 159 g/mol. The van der Waals surface area contributed by atoms with Gasteiger partial charge in [-0.15, -0.1) is 5.10 Å². The van der Waals surface area contributed by atoms with Crippen LogP contribution in [0.15, 0.2) is 17.8 Å². The van der Waals surface area contributed by atoms with Crippen LogP contribution in [0.2, 0.25) is 0 Å². The van der Waals surface area contributed by atoms with Gasteiger partial charge in [0, 0.05) is 5.03 Å². The minimum atomic E-state index is 0.387. The maximum atomic E-state index is 5.49. The fourth-order valence-electron chi connectivity index (χ4n) is 0.540. The summed E-state index contributed by atoms with van der Waals surface area (Å²) in [6.45, 7) is 3.88. The second kappa shape index (κ2) is 2.70. The van der Waals surface area contributed by atoms with Crippen molar-refractivity contribution < 1.29 is 0 Å². The molecule has 0 unspecified atom stereocenters. The van der Waals surface area contributed by atoms with Gasteiger partial charge in [-0.2, -0.15) is 9.90 Å². The number of allylic oxidation sites excluding steroid dienone is 1. The summed E-state index contributed by atoms with van der Waals surface area (Å²) in [5, 5.41) is 8.06. The molecule has 5 heteroatoms. The Bertz CT molecular complexity index is 242. The molecule has 0 fully saturated rings. The Morgan fingerprint density at radius 2 is 2.60 bits per heavy atom. The number of hydrogen-bond acceptors (Lipinski definition) is 3. The third-order valence-corrected chi connectivity index (χ3v) is 0.987. The van der Waals surface area contributed by atoms with E-state index in [-0.39, 0.29) is 0 Å². The molecule has 2 N–H and O–H groups in total. The van der Waals surface area contributed by atoms with Gasteiger partial charge in [-0.25, -0.2) is 0 Å². The van der Waals surface area contributed by atoms with Crippen LogP contribution < -0.4 is 5.73 Å². The van der Waals surface area contributed by atoms with E-state index in [1.807, 2.05) is 0 Å². The summed E-state index contributed by atoms with van der Waals surface area (Å²) in [5.41, 5.74) is 5.29. The van der Waals surface area contributed by atoms with Gasteiger partial charge in [0.05, 0.1) is 12.7 Å². The van der Waals surface area contributed by atoms with Crippen molar-refractivity contribution in [2.24, 2.45) is 0 Å². The molecular weight excluding hydrogens is 152 g/mol. The molecule has 1 rings (SSSR count). The van der Waals surface area contributed by atoms with E-state index >= 15 is 0 Å². The molecule has 54 valence electrons. The second-order valence-corrected chi connectivity index (χ2v) is 2.35. The van der Waals surface area contributed by atoms with Crippen LogP contribution in [-0.4, -0.2) is 15.0 Å². The lowest BCUT2D eigenvalue weighted by Gasteiger charge is -1.93. The topological polar surface area (TPSA) is 56.7 Å². The predicted molar refractivity (Wildman–Crippen MR) is 39.4 cm³/mol. The summed E-state index contributed by atoms with van der Waals surface area (Å²) in [5.74, 6) is 0.387. The molecule has 0 spiro atoms. The summed E-state index contributed by atoms with van der Waals surface area (Å²) in [6.07, 6.45) is 1.46. The first-order valence-corrected chi connectivity index (χ1v) is 3.05. The number of anilines is 1. The van der Waals surface area contributed by atoms with Crippen LogP contribution in [0, 0.1) is 0 Å². The number of halogens is 1. The normalized spacial score (nSPS) is 9.70. The van der Waals surface area contributed by atoms with Crippen LogP contribution in [0.4, 0.5) is 5.82 Å². The summed E-state index contributed by atoms with van der Waals surface area (Å²) in [7, 11) is 0. The first kappa shape index (κ1) is 7.08. The van der Waals surface area contributed by atoms with Crippen molar-refractivity contribution in [1.29, 1.82) is 0 Å². The highest BCUT2D eigenvalue weighted by atomic mass is 35.5. The molecule has 4 nitrogen and oxygen atoms in total. The van der Waals surface area contributed by atoms with Gasteiger partial charge in [-0.05, 0) is 0 Å². The van der Waals surface area contributed by atoms with Gasteiger partial charge in [-0.1, -0.05) is 18.2 Å². The van der Waals surface area contributed by atoms with E-state index in [1.54, 1.807) is 0 Å². The molecule has 0 bridgehead atoms. The molecule has 0 saturated carbocycles. The molecule has 0 saturated heterocycles. The van der Waals surface area contributed by atoms with Crippen molar-refractivity contribution >= 4 is 17.4 Å². The summed E-state index contributed by atoms with van der Waals surface area (Å²) in [6, 6.07) is 0. The van der Waals surface area contributed by atoms with E-state index in [0.29, 0.717) is 17.4 Å². The molecule has 0 aliphatic carbocycles. The number of nitrogens with zero attached hydrogens (tertiary/aromatic N) is 3. The van der Waals surface area contributed by atoms with E-state index in [1.165, 1.54) is 11.0 Å². The first-order valence-electron chi connectivity index (χ1n) is 2.67. The molecular formula is C5H7ClN4. The van der Waals surface area contributed by atoms with E-state index in [4.69, 9.17) is 17.3 Å². The molecule has 0 aromatic carbocycles. The Morgan fingerprint density at radius 1 is 1.90 bits per heavy atom. The van der Waals surface area contributed by atoms with Gasteiger partial charge in [0.25, 0.3) is 0 Å². The number of hydrogen-bond donors (Lipinski definition) is 1. The Labute approximate surface area is 63.3 Å². The van der Waals surface area contributed by atoms with Crippen LogP contribution in [-0.2, 0) is 6.54 Å². The zero-order valence-electron chi connectivity index (χ0n) is 5.29. The number of nitrogens with two attached hydrogens (primary N) is 1. The van der Waals surface area contributed by atoms with Gasteiger partial charge < -0.3 is 5.73 Å². The van der Waals surface area contributed by atoms with Crippen LogP contribution in [0.5, 0.6) is 0 Å². The van der Waals surface area contributed by atoms with Gasteiger partial charge in [0.15, 0.2) is 5.82 Å². The minimum absolute atomic E-state index is 0.387. The van der Waals surface area contributed by atoms with E-state index in [0.717, 1.165) is 0 Å². The number of aromatic nitrogens is 3. The molecule has 0 radical (unpaired) electrons. The standard InChI is InChI=1S/C5H7ClN4/c1-4(6)3-10-8-2-5(7)9-10/h2H,1,3H2,(H2,7,9). The van der Waals surface area contributed by atoms with Crippen molar-refractivity contribution in [3.8, 4) is 0 Å². The van der Waals surface area contributed by atoms with Crippen molar-refractivity contribution in [3.63, 3.8) is 0 Å². The van der Waals surface area contributed by atoms with Crippen molar-refractivity contribution in [2.45, 2.75) is 6.54 Å². The molecule has 0 atom stereocenters. The largest absolute Gasteiger partial charge is 0.381 e. The van der Waals surface area contributed by atoms with Crippen LogP contribution >= 0.6 is 11.6 Å². The smallest absolute Gasteiger partial charge is 0.165 e. The van der Waals surface area contributed by atoms with Crippen molar-refractivity contribution in [3.05, 3.63) is 17.8 Å². The Morgan fingerprint density at radius 3 is 3.00 bits per heavy atom. The van der Waals surface area contributed by atoms with Crippen molar-refractivity contribution in [2.75, 3.05) is 5.73 Å². The van der Waals surface area contributed by atoms with Gasteiger partial charge >= 0.3 is 0 Å². The molecule has 1 heterocycles. The zero-order valence-corrected chi connectivity index (χ0v) is 6.04. The lowest BCUT2D eigenvalue weighted by Crippen LogP contribution is -2.02. The maximum Gasteiger partial charge on any atom is 0.165 e. The van der Waals surface area contributed by atoms with Gasteiger partial charge in [0.1, 0.15) is 0 Å². The molecule has 10 heavy (non-hydrogen) atoms. The van der Waals surface area contributed by atoms with Gasteiger partial charge in [-0.3, -0.25) is 0 Å². The number of nitrogen functional groups attached to an aromatic ring is 1. The predicted octanol–water partition coefficient (Wildman–Crippen LogP) is 0.613. The highest BCUT2D eigenvalue weighted by Gasteiger charge is 1.95. The third-order valence-electron chi connectivity index (χ3n) is 0.867. The molecule has 1 aromatic heterocycles. The zero-order chi connectivity index (χ0) is 7.56. The summed E-state index contributed by atoms with van der Waals surface area (Å²) < 4.78 is 0. The third kappa shape index (κ3) is 1.73. The lowest BCUT2D eigenvalue weighted by molar-refractivity contribution is 0.599. The van der Waals surface area contributed by atoms with E-state index in [9.17, 15) is 0 Å². The molecule has 0 aliphatic heterocycles. The highest BCUT2D eigenvalue weighted by molar-refractivity contribution is 6.29. The molecule has 1 aromatic rings. The van der Waals surface area contributed by atoms with E-state index in [2.05, 4.69) is 16.8 Å². The SMILES string of the molecule is C=C(Cl)Cn1ncc(N)n1. The van der Waals surface area contributed by atoms with E-state index < -0.39 is 0 Å². The summed E-state index contributed by atoms with van der Waals surface area (Å²) in [4.78, 5) is 1.38. The van der Waals surface area contributed by atoms with Crippen molar-refractivity contribution in [1.82, 2.24) is 15.0 Å². The number of rotatable bonds is 2. The van der Waals surface area contributed by atoms with Crippen LogP contribution in [0.25, 0.3) is 0 Å². The first-order chi connectivity index (χ1) is 4.68. The highest BCUT2D eigenvalue weighted by Crippen LogP contribution is 2.00. The average Bonchev–Trinajstić information content (AvgIpc) is 2.13. The molecule has 0 amide bonds.